The Morgan fingerprint density at radius 3 is 2.50 bits per heavy atom. The zero-order chi connectivity index (χ0) is 13.1. The quantitative estimate of drug-likeness (QED) is 0.887. The van der Waals surface area contributed by atoms with Gasteiger partial charge in [0, 0.05) is 26.2 Å². The summed E-state index contributed by atoms with van der Waals surface area (Å²) >= 11 is 0. The van der Waals surface area contributed by atoms with E-state index in [-0.39, 0.29) is 12.2 Å². The maximum absolute atomic E-state index is 5.78. The van der Waals surface area contributed by atoms with Gasteiger partial charge in [0.1, 0.15) is 0 Å². The first kappa shape index (κ1) is 13.5. The van der Waals surface area contributed by atoms with Crippen LogP contribution in [0.2, 0.25) is 0 Å². The van der Waals surface area contributed by atoms with E-state index in [0.717, 1.165) is 19.6 Å². The van der Waals surface area contributed by atoms with Gasteiger partial charge in [-0.3, -0.25) is 4.90 Å². The highest BCUT2D eigenvalue weighted by atomic mass is 16.5. The lowest BCUT2D eigenvalue weighted by Crippen LogP contribution is -2.48. The fourth-order valence-electron chi connectivity index (χ4n) is 2.82. The van der Waals surface area contributed by atoms with Gasteiger partial charge in [0.15, 0.2) is 0 Å². The molecule has 1 saturated heterocycles. The Morgan fingerprint density at radius 1 is 1.22 bits per heavy atom. The Bertz CT molecular complexity index is 385. The molecular formula is C15H24N2O. The van der Waals surface area contributed by atoms with Crippen LogP contribution in [0.5, 0.6) is 0 Å². The normalized spacial score (nSPS) is 25.3. The van der Waals surface area contributed by atoms with Crippen LogP contribution in [0, 0.1) is 13.8 Å². The van der Waals surface area contributed by atoms with Crippen LogP contribution in [0.4, 0.5) is 0 Å². The Balaban J connectivity index is 2.03. The molecule has 2 atom stereocenters. The summed E-state index contributed by atoms with van der Waals surface area (Å²) in [6.45, 7) is 9.95. The van der Waals surface area contributed by atoms with E-state index in [4.69, 9.17) is 10.5 Å². The summed E-state index contributed by atoms with van der Waals surface area (Å²) in [5, 5.41) is 0. The average Bonchev–Trinajstić information content (AvgIpc) is 2.26. The highest BCUT2D eigenvalue weighted by Gasteiger charge is 2.24. The Labute approximate surface area is 110 Å². The van der Waals surface area contributed by atoms with Gasteiger partial charge in [-0.1, -0.05) is 29.3 Å². The van der Waals surface area contributed by atoms with Crippen LogP contribution in [0.25, 0.3) is 0 Å². The van der Waals surface area contributed by atoms with Gasteiger partial charge < -0.3 is 10.5 Å². The molecular weight excluding hydrogens is 224 g/mol. The minimum Gasteiger partial charge on any atom is -0.371 e. The molecule has 1 heterocycles. The largest absolute Gasteiger partial charge is 0.371 e. The van der Waals surface area contributed by atoms with Gasteiger partial charge in [0.25, 0.3) is 0 Å². The first-order valence-electron chi connectivity index (χ1n) is 6.72. The van der Waals surface area contributed by atoms with Crippen molar-refractivity contribution in [3.05, 3.63) is 34.9 Å². The lowest BCUT2D eigenvalue weighted by atomic mass is 10.1. The number of rotatable bonds is 3. The van der Waals surface area contributed by atoms with E-state index in [1.165, 1.54) is 16.7 Å². The Hall–Kier alpha value is -0.900. The van der Waals surface area contributed by atoms with Crippen LogP contribution in [-0.4, -0.2) is 36.7 Å². The molecule has 0 spiro atoms. The predicted octanol–water partition coefficient (Wildman–Crippen LogP) is 1.85. The summed E-state index contributed by atoms with van der Waals surface area (Å²) in [4.78, 5) is 2.44. The van der Waals surface area contributed by atoms with Crippen molar-refractivity contribution in [3.8, 4) is 0 Å². The van der Waals surface area contributed by atoms with Gasteiger partial charge in [-0.25, -0.2) is 0 Å². The second kappa shape index (κ2) is 5.83. The molecule has 1 aromatic rings. The molecule has 0 amide bonds. The maximum atomic E-state index is 5.78. The minimum absolute atomic E-state index is 0.180. The molecule has 3 heteroatoms. The second-order valence-electron chi connectivity index (χ2n) is 5.49. The molecule has 0 bridgehead atoms. The zero-order valence-corrected chi connectivity index (χ0v) is 11.6. The molecule has 0 saturated carbocycles. The first-order valence-corrected chi connectivity index (χ1v) is 6.72. The van der Waals surface area contributed by atoms with E-state index < -0.39 is 0 Å². The third kappa shape index (κ3) is 3.55. The highest BCUT2D eigenvalue weighted by Crippen LogP contribution is 2.16. The summed E-state index contributed by atoms with van der Waals surface area (Å²) in [6, 6.07) is 6.75. The van der Waals surface area contributed by atoms with E-state index in [2.05, 4.69) is 43.9 Å². The van der Waals surface area contributed by atoms with Gasteiger partial charge in [-0.05, 0) is 26.3 Å². The number of nitrogens with two attached hydrogens (primary N) is 1. The molecule has 0 radical (unpaired) electrons. The smallest absolute Gasteiger partial charge is 0.0828 e. The lowest BCUT2D eigenvalue weighted by molar-refractivity contribution is -0.0745. The molecule has 18 heavy (non-hydrogen) atoms. The van der Waals surface area contributed by atoms with Gasteiger partial charge in [0.05, 0.1) is 12.2 Å². The standard InChI is InChI=1S/C15H24N2O/c1-11-4-12(2)6-14(5-11)9-17-8-13(3)18-15(7-16)10-17/h4-6,13,15H,7-10,16H2,1-3H3. The van der Waals surface area contributed by atoms with Crippen LogP contribution in [0.15, 0.2) is 18.2 Å². The van der Waals surface area contributed by atoms with Gasteiger partial charge in [-0.2, -0.15) is 0 Å². The molecule has 1 aliphatic rings. The van der Waals surface area contributed by atoms with E-state index in [1.807, 2.05) is 0 Å². The summed E-state index contributed by atoms with van der Waals surface area (Å²) in [6.07, 6.45) is 0.456. The van der Waals surface area contributed by atoms with Crippen LogP contribution in [0.3, 0.4) is 0 Å². The van der Waals surface area contributed by atoms with Crippen molar-refractivity contribution in [2.75, 3.05) is 19.6 Å². The Morgan fingerprint density at radius 2 is 1.89 bits per heavy atom. The van der Waals surface area contributed by atoms with Crippen LogP contribution in [-0.2, 0) is 11.3 Å². The number of aryl methyl sites for hydroxylation is 2. The number of ether oxygens (including phenoxy) is 1. The van der Waals surface area contributed by atoms with E-state index in [9.17, 15) is 0 Å². The molecule has 3 nitrogen and oxygen atoms in total. The fraction of sp³-hybridized carbons (Fsp3) is 0.600. The molecule has 1 fully saturated rings. The summed E-state index contributed by atoms with van der Waals surface area (Å²) in [5.41, 5.74) is 9.77. The number of hydrogen-bond acceptors (Lipinski definition) is 3. The minimum atomic E-state index is 0.180. The SMILES string of the molecule is Cc1cc(C)cc(CN2CC(C)OC(CN)C2)c1. The number of benzene rings is 1. The van der Waals surface area contributed by atoms with E-state index in [1.54, 1.807) is 0 Å². The first-order chi connectivity index (χ1) is 8.56. The summed E-state index contributed by atoms with van der Waals surface area (Å²) in [5.74, 6) is 0. The Kier molecular flexibility index (Phi) is 4.38. The number of morpholine rings is 1. The van der Waals surface area contributed by atoms with E-state index in [0.29, 0.717) is 6.54 Å². The lowest BCUT2D eigenvalue weighted by Gasteiger charge is -2.36. The van der Waals surface area contributed by atoms with Crippen molar-refractivity contribution >= 4 is 0 Å². The van der Waals surface area contributed by atoms with Crippen molar-refractivity contribution in [2.24, 2.45) is 5.73 Å². The van der Waals surface area contributed by atoms with Crippen LogP contribution in [0.1, 0.15) is 23.6 Å². The van der Waals surface area contributed by atoms with Crippen molar-refractivity contribution in [1.29, 1.82) is 0 Å². The van der Waals surface area contributed by atoms with Crippen LogP contribution >= 0.6 is 0 Å². The molecule has 1 aromatic carbocycles. The second-order valence-corrected chi connectivity index (χ2v) is 5.49. The third-order valence-corrected chi connectivity index (χ3v) is 3.35. The van der Waals surface area contributed by atoms with E-state index >= 15 is 0 Å². The van der Waals surface area contributed by atoms with Crippen molar-refractivity contribution in [1.82, 2.24) is 4.90 Å². The fourth-order valence-corrected chi connectivity index (χ4v) is 2.82. The van der Waals surface area contributed by atoms with Crippen molar-refractivity contribution in [2.45, 2.75) is 39.5 Å². The van der Waals surface area contributed by atoms with Gasteiger partial charge in [0.2, 0.25) is 0 Å². The van der Waals surface area contributed by atoms with Crippen molar-refractivity contribution < 1.29 is 4.74 Å². The van der Waals surface area contributed by atoms with Crippen LogP contribution < -0.4 is 5.73 Å². The predicted molar refractivity (Wildman–Crippen MR) is 74.6 cm³/mol. The molecule has 2 unspecified atom stereocenters. The zero-order valence-electron chi connectivity index (χ0n) is 11.6. The summed E-state index contributed by atoms with van der Waals surface area (Å²) in [7, 11) is 0. The average molecular weight is 248 g/mol. The molecule has 2 N–H and O–H groups in total. The molecule has 2 rings (SSSR count). The van der Waals surface area contributed by atoms with Gasteiger partial charge >= 0.3 is 0 Å². The highest BCUT2D eigenvalue weighted by molar-refractivity contribution is 5.28. The molecule has 1 aliphatic heterocycles. The number of hydrogen-bond donors (Lipinski definition) is 1. The van der Waals surface area contributed by atoms with Gasteiger partial charge in [-0.15, -0.1) is 0 Å². The van der Waals surface area contributed by atoms with Crippen molar-refractivity contribution in [3.63, 3.8) is 0 Å². The molecule has 0 aromatic heterocycles. The molecule has 0 aliphatic carbocycles. The molecule has 100 valence electrons. The topological polar surface area (TPSA) is 38.5 Å². The monoisotopic (exact) mass is 248 g/mol. The number of nitrogens with zero attached hydrogens (tertiary/aromatic N) is 1. The third-order valence-electron chi connectivity index (χ3n) is 3.35. The summed E-state index contributed by atoms with van der Waals surface area (Å²) < 4.78 is 5.78. The maximum Gasteiger partial charge on any atom is 0.0828 e.